The van der Waals surface area contributed by atoms with E-state index < -0.39 is 22.5 Å². The number of phenolic OH excluding ortho intramolecular Hbond substituents is 1. The van der Waals surface area contributed by atoms with Crippen LogP contribution in [0.5, 0.6) is 5.75 Å². The van der Waals surface area contributed by atoms with E-state index in [9.17, 15) is 24.8 Å². The van der Waals surface area contributed by atoms with Crippen molar-refractivity contribution in [1.82, 2.24) is 10.6 Å². The number of hydrogen-bond acceptors (Lipinski definition) is 6. The molecule has 0 saturated carbocycles. The number of rotatable bonds is 5. The van der Waals surface area contributed by atoms with E-state index in [4.69, 9.17) is 4.74 Å². The minimum Gasteiger partial charge on any atom is -0.507 e. The molecule has 0 aliphatic rings. The third-order valence-electron chi connectivity index (χ3n) is 2.53. The van der Waals surface area contributed by atoms with Crippen molar-refractivity contribution in [2.24, 2.45) is 0 Å². The maximum Gasteiger partial charge on any atom is 0.407 e. The summed E-state index contributed by atoms with van der Waals surface area (Å²) in [5.74, 6) is -1.08. The lowest BCUT2D eigenvalue weighted by molar-refractivity contribution is -0.384. The Hall–Kier alpha value is -2.84. The van der Waals surface area contributed by atoms with Crippen molar-refractivity contribution >= 4 is 17.7 Å². The fourth-order valence-corrected chi connectivity index (χ4v) is 1.57. The molecule has 3 N–H and O–H groups in total. The Morgan fingerprint density at radius 2 is 2.00 bits per heavy atom. The normalized spacial score (nSPS) is 10.7. The van der Waals surface area contributed by atoms with Gasteiger partial charge in [-0.1, -0.05) is 0 Å². The first-order valence-corrected chi connectivity index (χ1v) is 6.80. The van der Waals surface area contributed by atoms with Gasteiger partial charge in [-0.25, -0.2) is 4.79 Å². The van der Waals surface area contributed by atoms with Crippen LogP contribution >= 0.6 is 0 Å². The fraction of sp³-hybridized carbons (Fsp3) is 0.429. The van der Waals surface area contributed by atoms with Gasteiger partial charge in [0, 0.05) is 17.7 Å². The second kappa shape index (κ2) is 7.43. The van der Waals surface area contributed by atoms with E-state index in [1.165, 1.54) is 0 Å². The first-order valence-electron chi connectivity index (χ1n) is 6.80. The number of nitrogens with zero attached hydrogens (tertiary/aromatic N) is 1. The molecular weight excluding hydrogens is 306 g/mol. The summed E-state index contributed by atoms with van der Waals surface area (Å²) in [5, 5.41) is 25.2. The summed E-state index contributed by atoms with van der Waals surface area (Å²) in [5.41, 5.74) is -0.971. The van der Waals surface area contributed by atoms with E-state index in [1.54, 1.807) is 20.8 Å². The molecule has 0 radical (unpaired) electrons. The van der Waals surface area contributed by atoms with E-state index in [-0.39, 0.29) is 30.2 Å². The molecular formula is C14H19N3O6. The molecule has 23 heavy (non-hydrogen) atoms. The third-order valence-corrected chi connectivity index (χ3v) is 2.53. The number of amides is 2. The quantitative estimate of drug-likeness (QED) is 0.428. The van der Waals surface area contributed by atoms with Gasteiger partial charge >= 0.3 is 6.09 Å². The van der Waals surface area contributed by atoms with Crippen LogP contribution < -0.4 is 10.6 Å². The molecule has 0 bridgehead atoms. The molecule has 1 rings (SSSR count). The van der Waals surface area contributed by atoms with Crippen molar-refractivity contribution in [2.45, 2.75) is 26.3 Å². The number of hydrogen-bond donors (Lipinski definition) is 3. The molecule has 0 saturated heterocycles. The van der Waals surface area contributed by atoms with E-state index in [2.05, 4.69) is 10.6 Å². The number of phenols is 1. The smallest absolute Gasteiger partial charge is 0.407 e. The molecule has 0 heterocycles. The number of benzene rings is 1. The van der Waals surface area contributed by atoms with Crippen LogP contribution in [0.3, 0.4) is 0 Å². The Morgan fingerprint density at radius 3 is 2.57 bits per heavy atom. The predicted molar refractivity (Wildman–Crippen MR) is 81.3 cm³/mol. The van der Waals surface area contributed by atoms with Gasteiger partial charge in [0.05, 0.1) is 17.0 Å². The Kier molecular flexibility index (Phi) is 5.88. The summed E-state index contributed by atoms with van der Waals surface area (Å²) in [4.78, 5) is 33.2. The average molecular weight is 325 g/mol. The number of alkyl carbamates (subject to hydrolysis) is 1. The summed E-state index contributed by atoms with van der Waals surface area (Å²) in [6, 6.07) is 3.13. The van der Waals surface area contributed by atoms with Gasteiger partial charge in [0.1, 0.15) is 12.4 Å². The van der Waals surface area contributed by atoms with Crippen LogP contribution in [0.4, 0.5) is 10.5 Å². The number of ether oxygens (including phenoxy) is 1. The molecule has 0 aromatic heterocycles. The maximum atomic E-state index is 11.9. The van der Waals surface area contributed by atoms with Crippen LogP contribution in [0, 0.1) is 10.1 Å². The van der Waals surface area contributed by atoms with Gasteiger partial charge in [0.25, 0.3) is 11.6 Å². The zero-order valence-electron chi connectivity index (χ0n) is 13.1. The fourth-order valence-electron chi connectivity index (χ4n) is 1.57. The number of aromatic hydroxyl groups is 1. The highest BCUT2D eigenvalue weighted by atomic mass is 16.6. The number of nitro groups is 1. The number of non-ortho nitro benzene ring substituents is 1. The minimum absolute atomic E-state index is 0.00146. The number of carbonyl (C=O) groups excluding carboxylic acids is 2. The van der Waals surface area contributed by atoms with Crippen molar-refractivity contribution in [3.05, 3.63) is 33.9 Å². The summed E-state index contributed by atoms with van der Waals surface area (Å²) < 4.78 is 4.86. The van der Waals surface area contributed by atoms with E-state index in [0.717, 1.165) is 18.2 Å². The minimum atomic E-state index is -0.703. The van der Waals surface area contributed by atoms with E-state index >= 15 is 0 Å². The second-order valence-electron chi connectivity index (χ2n) is 5.73. The number of nitro benzene ring substituents is 1. The number of carbonyl (C=O) groups is 2. The maximum absolute atomic E-state index is 11.9. The van der Waals surface area contributed by atoms with Crippen molar-refractivity contribution in [3.63, 3.8) is 0 Å². The molecule has 0 aliphatic heterocycles. The zero-order chi connectivity index (χ0) is 17.6. The lowest BCUT2D eigenvalue weighted by atomic mass is 10.1. The Balaban J connectivity index is 2.50. The summed E-state index contributed by atoms with van der Waals surface area (Å²) in [7, 11) is 0. The highest BCUT2D eigenvalue weighted by Crippen LogP contribution is 2.22. The van der Waals surface area contributed by atoms with Gasteiger partial charge in [-0.3, -0.25) is 14.9 Å². The first kappa shape index (κ1) is 18.2. The van der Waals surface area contributed by atoms with E-state index in [0.29, 0.717) is 0 Å². The Morgan fingerprint density at radius 1 is 1.35 bits per heavy atom. The highest BCUT2D eigenvalue weighted by Gasteiger charge is 2.17. The second-order valence-corrected chi connectivity index (χ2v) is 5.73. The molecule has 1 aromatic rings. The van der Waals surface area contributed by atoms with Gasteiger partial charge < -0.3 is 20.5 Å². The first-order chi connectivity index (χ1) is 10.6. The molecule has 0 unspecified atom stereocenters. The SMILES string of the molecule is CC(C)(C)NC(=O)OCCNC(=O)c1cc([N+](=O)[O-])ccc1O. The third kappa shape index (κ3) is 6.20. The molecule has 0 spiro atoms. The van der Waals surface area contributed by atoms with Gasteiger partial charge in [-0.2, -0.15) is 0 Å². The molecule has 2 amide bonds. The predicted octanol–water partition coefficient (Wildman–Crippen LogP) is 1.55. The van der Waals surface area contributed by atoms with Crippen molar-refractivity contribution in [3.8, 4) is 5.75 Å². The lowest BCUT2D eigenvalue weighted by Crippen LogP contribution is -2.41. The number of nitrogens with one attached hydrogen (secondary N) is 2. The van der Waals surface area contributed by atoms with Gasteiger partial charge in [0.15, 0.2) is 0 Å². The monoisotopic (exact) mass is 325 g/mol. The van der Waals surface area contributed by atoms with Crippen LogP contribution in [0.2, 0.25) is 0 Å². The summed E-state index contributed by atoms with van der Waals surface area (Å²) in [6.45, 7) is 5.30. The van der Waals surface area contributed by atoms with Crippen LogP contribution in [0.1, 0.15) is 31.1 Å². The van der Waals surface area contributed by atoms with Crippen LogP contribution in [-0.2, 0) is 4.74 Å². The summed E-state index contributed by atoms with van der Waals surface area (Å²) in [6.07, 6.45) is -0.620. The molecule has 0 fully saturated rings. The topological polar surface area (TPSA) is 131 Å². The molecule has 1 aromatic carbocycles. The lowest BCUT2D eigenvalue weighted by Gasteiger charge is -2.19. The summed E-state index contributed by atoms with van der Waals surface area (Å²) >= 11 is 0. The largest absolute Gasteiger partial charge is 0.507 e. The van der Waals surface area contributed by atoms with Gasteiger partial charge in [0.2, 0.25) is 0 Å². The average Bonchev–Trinajstić information content (AvgIpc) is 2.41. The molecule has 0 atom stereocenters. The highest BCUT2D eigenvalue weighted by molar-refractivity contribution is 5.97. The van der Waals surface area contributed by atoms with E-state index in [1.807, 2.05) is 0 Å². The van der Waals surface area contributed by atoms with Gasteiger partial charge in [-0.15, -0.1) is 0 Å². The van der Waals surface area contributed by atoms with Gasteiger partial charge in [-0.05, 0) is 26.8 Å². The van der Waals surface area contributed by atoms with Crippen LogP contribution in [-0.4, -0.2) is 40.7 Å². The standard InChI is InChI=1S/C14H19N3O6/c1-14(2,3)16-13(20)23-7-6-15-12(19)10-8-9(17(21)22)4-5-11(10)18/h4-5,8,18H,6-7H2,1-3H3,(H,15,19)(H,16,20). The van der Waals surface area contributed by atoms with Crippen molar-refractivity contribution in [2.75, 3.05) is 13.2 Å². The van der Waals surface area contributed by atoms with Crippen molar-refractivity contribution in [1.29, 1.82) is 0 Å². The Labute approximate surface area is 132 Å². The molecule has 0 aliphatic carbocycles. The zero-order valence-corrected chi connectivity index (χ0v) is 13.1. The van der Waals surface area contributed by atoms with Crippen LogP contribution in [0.15, 0.2) is 18.2 Å². The molecule has 9 heteroatoms. The molecule has 126 valence electrons. The molecule has 9 nitrogen and oxygen atoms in total. The van der Waals surface area contributed by atoms with Crippen molar-refractivity contribution < 1.29 is 24.4 Å². The Bertz CT molecular complexity index is 609. The van der Waals surface area contributed by atoms with Crippen LogP contribution in [0.25, 0.3) is 0 Å².